The lowest BCUT2D eigenvalue weighted by Gasteiger charge is -2.59. The maximum atomic E-state index is 14.7. The molecule has 0 radical (unpaired) electrons. The molecule has 4 aliphatic carbocycles. The van der Waals surface area contributed by atoms with E-state index in [0.717, 1.165) is 37.7 Å². The summed E-state index contributed by atoms with van der Waals surface area (Å²) < 4.78 is 41.6. The van der Waals surface area contributed by atoms with Gasteiger partial charge in [0.25, 0.3) is 0 Å². The number of nitrogens with zero attached hydrogens (tertiary/aromatic N) is 1. The Bertz CT molecular complexity index is 1790. The predicted octanol–water partition coefficient (Wildman–Crippen LogP) is 5.47. The number of aliphatic hydroxyl groups is 1. The molecule has 0 bridgehead atoms. The summed E-state index contributed by atoms with van der Waals surface area (Å²) in [4.78, 5) is 34.9. The van der Waals surface area contributed by atoms with Crippen LogP contribution >= 0.6 is 11.8 Å². The van der Waals surface area contributed by atoms with Gasteiger partial charge in [0.2, 0.25) is 10.0 Å². The van der Waals surface area contributed by atoms with Crippen molar-refractivity contribution in [2.45, 2.75) is 113 Å². The van der Waals surface area contributed by atoms with Gasteiger partial charge in [-0.1, -0.05) is 63.9 Å². The third-order valence-electron chi connectivity index (χ3n) is 12.1. The van der Waals surface area contributed by atoms with E-state index >= 15 is 0 Å². The van der Waals surface area contributed by atoms with Gasteiger partial charge >= 0.3 is 0 Å². The molecule has 5 aliphatic rings. The lowest BCUT2D eigenvalue weighted by atomic mass is 9.46. The first-order chi connectivity index (χ1) is 22.9. The van der Waals surface area contributed by atoms with Gasteiger partial charge < -0.3 is 19.6 Å². The number of H-pyrrole nitrogens is 1. The van der Waals surface area contributed by atoms with Crippen molar-refractivity contribution in [3.63, 3.8) is 0 Å². The van der Waals surface area contributed by atoms with Crippen LogP contribution in [0.5, 0.6) is 0 Å². The molecule has 5 unspecified atom stereocenters. The summed E-state index contributed by atoms with van der Waals surface area (Å²) >= 11 is 1.28. The van der Waals surface area contributed by atoms with E-state index in [1.807, 2.05) is 13.0 Å². The number of sulfonamides is 1. The van der Waals surface area contributed by atoms with Crippen molar-refractivity contribution in [2.75, 3.05) is 12.3 Å². The van der Waals surface area contributed by atoms with E-state index < -0.39 is 45.0 Å². The Morgan fingerprint density at radius 2 is 2.04 bits per heavy atom. The molecule has 4 fully saturated rings. The summed E-state index contributed by atoms with van der Waals surface area (Å²) in [7, 11) is -3.65. The van der Waals surface area contributed by atoms with E-state index in [0.29, 0.717) is 42.0 Å². The number of Topliss-reactive ketones (excluding diaryl/α,β-unsaturated/α-hetero) is 1. The molecule has 48 heavy (non-hydrogen) atoms. The van der Waals surface area contributed by atoms with E-state index in [1.165, 1.54) is 11.8 Å². The number of aromatic amines is 1. The molecular weight excluding hydrogens is 651 g/mol. The number of hydrogen-bond acceptors (Lipinski definition) is 9. The number of unbranched alkanes of at least 4 members (excludes halogenated alkanes) is 1. The van der Waals surface area contributed by atoms with Crippen LogP contribution in [0.15, 0.2) is 52.1 Å². The van der Waals surface area contributed by atoms with Gasteiger partial charge in [-0.3, -0.25) is 9.59 Å². The van der Waals surface area contributed by atoms with Crippen LogP contribution < -0.4 is 4.72 Å². The number of carbonyl (C=O) groups excluding carboxylic acids is 2. The number of hydrogen-bond donors (Lipinski definition) is 3. The van der Waals surface area contributed by atoms with Crippen LogP contribution in [0.25, 0.3) is 11.0 Å². The van der Waals surface area contributed by atoms with Crippen molar-refractivity contribution in [3.8, 4) is 0 Å². The minimum atomic E-state index is -3.65. The first-order valence-corrected chi connectivity index (χ1v) is 19.9. The van der Waals surface area contributed by atoms with Crippen LogP contribution in [-0.2, 0) is 29.1 Å². The molecule has 0 spiro atoms. The third-order valence-corrected chi connectivity index (χ3v) is 14.5. The van der Waals surface area contributed by atoms with E-state index in [2.05, 4.69) is 35.5 Å². The maximum absolute atomic E-state index is 14.7. The number of thioether (sulfide) groups is 1. The molecule has 1 aromatic heterocycles. The molecule has 12 heteroatoms. The number of allylic oxidation sites excluding steroid dienone is 4. The molecule has 1 aromatic carbocycles. The lowest BCUT2D eigenvalue weighted by molar-refractivity contribution is -0.197. The summed E-state index contributed by atoms with van der Waals surface area (Å²) in [6, 6.07) is 4.80. The highest BCUT2D eigenvalue weighted by molar-refractivity contribution is 7.99. The number of aliphatic hydroxyl groups excluding tert-OH is 1. The molecule has 9 atom stereocenters. The SMILES string of the molecule is CCCCNS(=O)(=O)c1ccc2nc(SCC(=O)[C@@]34O[C@H](CCC)O[C@@H]3CC3C5CCC6=CC(=O)C=CC6(C)C5[C@@H](O)CC34C)[nH]c2c1. The van der Waals surface area contributed by atoms with Crippen molar-refractivity contribution >= 4 is 44.4 Å². The number of ketones is 2. The molecule has 2 heterocycles. The monoisotopic (exact) mass is 697 g/mol. The van der Waals surface area contributed by atoms with Crippen molar-refractivity contribution in [2.24, 2.45) is 28.6 Å². The maximum Gasteiger partial charge on any atom is 0.240 e. The second-order valence-corrected chi connectivity index (χ2v) is 17.6. The lowest BCUT2D eigenvalue weighted by Crippen LogP contribution is -2.63. The smallest absolute Gasteiger partial charge is 0.240 e. The standard InChI is InChI=1S/C36H47N3O7S2/c1-5-7-15-37-48(43,44)23-10-12-26-27(17-23)39-33(38-26)47-20-29(42)36-30(45-31(46-36)8-6-2)18-25-24-11-9-21-16-22(40)13-14-34(21,3)32(24)28(41)19-35(25,36)4/h10,12-14,16-17,24-25,28,30-32,37,41H,5-9,11,15,18-20H2,1-4H3,(H,38,39)/t24?,25?,28-,30+,31+,32?,34?,35?,36+/m0/s1. The highest BCUT2D eigenvalue weighted by atomic mass is 32.2. The molecule has 3 N–H and O–H groups in total. The molecule has 1 aliphatic heterocycles. The second kappa shape index (κ2) is 12.5. The molecule has 10 nitrogen and oxygen atoms in total. The van der Waals surface area contributed by atoms with Crippen molar-refractivity contribution in [3.05, 3.63) is 42.0 Å². The number of benzene rings is 1. The molecule has 3 saturated carbocycles. The number of ether oxygens (including phenoxy) is 2. The number of rotatable bonds is 11. The molecule has 7 rings (SSSR count). The van der Waals surface area contributed by atoms with Crippen LogP contribution in [0.2, 0.25) is 0 Å². The Labute approximate surface area is 286 Å². The first-order valence-electron chi connectivity index (χ1n) is 17.5. The second-order valence-electron chi connectivity index (χ2n) is 14.8. The third kappa shape index (κ3) is 5.28. The van der Waals surface area contributed by atoms with Crippen LogP contribution in [0, 0.1) is 28.6 Å². The number of nitrogens with one attached hydrogen (secondary N) is 2. The zero-order valence-electron chi connectivity index (χ0n) is 28.2. The van der Waals surface area contributed by atoms with Crippen molar-refractivity contribution < 1.29 is 32.6 Å². The zero-order chi connectivity index (χ0) is 34.1. The van der Waals surface area contributed by atoms with Gasteiger partial charge in [-0.2, -0.15) is 0 Å². The summed E-state index contributed by atoms with van der Waals surface area (Å²) in [5.74, 6) is 0.223. The van der Waals surface area contributed by atoms with Gasteiger partial charge in [0.15, 0.2) is 28.6 Å². The van der Waals surface area contributed by atoms with Gasteiger partial charge in [0.05, 0.1) is 33.9 Å². The van der Waals surface area contributed by atoms with Crippen molar-refractivity contribution in [1.29, 1.82) is 0 Å². The van der Waals surface area contributed by atoms with Gasteiger partial charge in [-0.05, 0) is 80.7 Å². The summed E-state index contributed by atoms with van der Waals surface area (Å²) in [6.45, 7) is 8.73. The van der Waals surface area contributed by atoms with Crippen molar-refractivity contribution in [1.82, 2.24) is 14.7 Å². The molecule has 2 aromatic rings. The molecule has 1 saturated heterocycles. The highest BCUT2D eigenvalue weighted by Gasteiger charge is 2.75. The Morgan fingerprint density at radius 3 is 2.81 bits per heavy atom. The first kappa shape index (κ1) is 34.1. The largest absolute Gasteiger partial charge is 0.393 e. The Balaban J connectivity index is 1.15. The quantitative estimate of drug-likeness (QED) is 0.205. The fraction of sp³-hybridized carbons (Fsp3) is 0.639. The van der Waals surface area contributed by atoms with E-state index in [4.69, 9.17) is 9.47 Å². The summed E-state index contributed by atoms with van der Waals surface area (Å²) in [6.07, 6.45) is 9.74. The summed E-state index contributed by atoms with van der Waals surface area (Å²) in [5.41, 5.74) is 0.0350. The van der Waals surface area contributed by atoms with Crippen LogP contribution in [0.1, 0.15) is 79.1 Å². The normalized spacial score (nSPS) is 37.2. The fourth-order valence-electron chi connectivity index (χ4n) is 9.91. The number of imidazole rings is 1. The van der Waals surface area contributed by atoms with Gasteiger partial charge in [-0.25, -0.2) is 18.1 Å². The van der Waals surface area contributed by atoms with Crippen LogP contribution in [-0.4, -0.2) is 71.5 Å². The van der Waals surface area contributed by atoms with Gasteiger partial charge in [0, 0.05) is 23.3 Å². The number of carbonyl (C=O) groups is 2. The Morgan fingerprint density at radius 1 is 1.23 bits per heavy atom. The number of aromatic nitrogens is 2. The average molecular weight is 698 g/mol. The van der Waals surface area contributed by atoms with E-state index in [1.54, 1.807) is 30.4 Å². The molecule has 0 amide bonds. The molecular formula is C36H47N3O7S2. The van der Waals surface area contributed by atoms with Crippen LogP contribution in [0.3, 0.4) is 0 Å². The average Bonchev–Trinajstić information content (AvgIpc) is 3.69. The fourth-order valence-corrected chi connectivity index (χ4v) is 11.8. The zero-order valence-corrected chi connectivity index (χ0v) is 29.8. The van der Waals surface area contributed by atoms with Gasteiger partial charge in [0.1, 0.15) is 0 Å². The van der Waals surface area contributed by atoms with E-state index in [9.17, 15) is 23.1 Å². The minimum Gasteiger partial charge on any atom is -0.393 e. The Hall–Kier alpha value is -2.35. The topological polar surface area (TPSA) is 148 Å². The predicted molar refractivity (Wildman–Crippen MR) is 183 cm³/mol. The minimum absolute atomic E-state index is 0.00613. The Kier molecular flexibility index (Phi) is 8.85. The number of fused-ring (bicyclic) bond motifs is 8. The summed E-state index contributed by atoms with van der Waals surface area (Å²) in [5, 5.41) is 12.5. The highest BCUT2D eigenvalue weighted by Crippen LogP contribution is 2.69. The van der Waals surface area contributed by atoms with E-state index in [-0.39, 0.29) is 40.0 Å². The van der Waals surface area contributed by atoms with Crippen LogP contribution in [0.4, 0.5) is 0 Å². The van der Waals surface area contributed by atoms with Gasteiger partial charge in [-0.15, -0.1) is 0 Å². The molecule has 260 valence electrons.